The molecule has 0 saturated carbocycles. The standard InChI is InChI=1S/C13H20ClFN2O2S.ClH/c1-9(2)7-13(3,8-16)17-20(18,19)12-6-10(14)4-5-11(12)15;/h4-6,9,17H,7-8,16H2,1-3H3;1H. The lowest BCUT2D eigenvalue weighted by atomic mass is 9.92. The highest BCUT2D eigenvalue weighted by atomic mass is 35.5. The van der Waals surface area contributed by atoms with Crippen molar-refractivity contribution in [2.24, 2.45) is 11.7 Å². The average molecular weight is 359 g/mol. The van der Waals surface area contributed by atoms with Gasteiger partial charge in [-0.3, -0.25) is 0 Å². The van der Waals surface area contributed by atoms with E-state index in [1.807, 2.05) is 13.8 Å². The third kappa shape index (κ3) is 5.71. The molecule has 1 unspecified atom stereocenters. The summed E-state index contributed by atoms with van der Waals surface area (Å²) in [5.41, 5.74) is 4.83. The Morgan fingerprint density at radius 2 is 2.00 bits per heavy atom. The highest BCUT2D eigenvalue weighted by molar-refractivity contribution is 7.89. The normalized spacial score (nSPS) is 14.6. The van der Waals surface area contributed by atoms with Gasteiger partial charge in [-0.25, -0.2) is 17.5 Å². The quantitative estimate of drug-likeness (QED) is 0.820. The van der Waals surface area contributed by atoms with Crippen molar-refractivity contribution in [3.05, 3.63) is 29.0 Å². The molecule has 0 fully saturated rings. The van der Waals surface area contributed by atoms with Crippen LogP contribution in [0.15, 0.2) is 23.1 Å². The highest BCUT2D eigenvalue weighted by Crippen LogP contribution is 2.23. The van der Waals surface area contributed by atoms with Crippen molar-refractivity contribution in [1.29, 1.82) is 0 Å². The van der Waals surface area contributed by atoms with Gasteiger partial charge in [0.2, 0.25) is 10.0 Å². The molecule has 0 saturated heterocycles. The third-order valence-electron chi connectivity index (χ3n) is 2.87. The zero-order chi connectivity index (χ0) is 15.6. The van der Waals surface area contributed by atoms with Gasteiger partial charge in [0.05, 0.1) is 0 Å². The Morgan fingerprint density at radius 1 is 1.43 bits per heavy atom. The van der Waals surface area contributed by atoms with E-state index in [-0.39, 0.29) is 29.9 Å². The maximum atomic E-state index is 13.7. The van der Waals surface area contributed by atoms with Gasteiger partial charge in [-0.15, -0.1) is 12.4 Å². The molecule has 0 amide bonds. The Morgan fingerprint density at radius 3 is 2.48 bits per heavy atom. The van der Waals surface area contributed by atoms with Gasteiger partial charge in [-0.2, -0.15) is 0 Å². The minimum atomic E-state index is -4.02. The first-order valence-corrected chi connectivity index (χ1v) is 8.15. The van der Waals surface area contributed by atoms with Gasteiger partial charge < -0.3 is 5.73 Å². The summed E-state index contributed by atoms with van der Waals surface area (Å²) in [7, 11) is -4.02. The van der Waals surface area contributed by atoms with E-state index >= 15 is 0 Å². The Labute approximate surface area is 136 Å². The third-order valence-corrected chi connectivity index (χ3v) is 4.76. The van der Waals surface area contributed by atoms with Crippen LogP contribution in [0.3, 0.4) is 0 Å². The monoisotopic (exact) mass is 358 g/mol. The lowest BCUT2D eigenvalue weighted by Gasteiger charge is -2.30. The molecule has 0 aliphatic rings. The molecule has 0 spiro atoms. The van der Waals surface area contributed by atoms with E-state index in [9.17, 15) is 12.8 Å². The van der Waals surface area contributed by atoms with Gasteiger partial charge in [0.15, 0.2) is 0 Å². The molecule has 0 bridgehead atoms. The van der Waals surface area contributed by atoms with Crippen LogP contribution in [-0.2, 0) is 10.0 Å². The Kier molecular flexibility index (Phi) is 7.59. The molecular formula is C13H21Cl2FN2O2S. The predicted molar refractivity (Wildman–Crippen MR) is 85.9 cm³/mol. The number of sulfonamides is 1. The summed E-state index contributed by atoms with van der Waals surface area (Å²) < 4.78 is 40.8. The van der Waals surface area contributed by atoms with Crippen molar-refractivity contribution >= 4 is 34.0 Å². The van der Waals surface area contributed by atoms with E-state index in [2.05, 4.69) is 4.72 Å². The summed E-state index contributed by atoms with van der Waals surface area (Å²) in [6.07, 6.45) is 0.547. The minimum absolute atomic E-state index is 0. The number of hydrogen-bond acceptors (Lipinski definition) is 3. The molecule has 1 rings (SSSR count). The van der Waals surface area contributed by atoms with E-state index in [0.717, 1.165) is 12.1 Å². The molecule has 1 aromatic carbocycles. The highest BCUT2D eigenvalue weighted by Gasteiger charge is 2.31. The summed E-state index contributed by atoms with van der Waals surface area (Å²) >= 11 is 5.73. The number of benzene rings is 1. The smallest absolute Gasteiger partial charge is 0.244 e. The van der Waals surface area contributed by atoms with Crippen molar-refractivity contribution in [3.8, 4) is 0 Å². The molecule has 0 radical (unpaired) electrons. The first-order chi connectivity index (χ1) is 9.09. The molecule has 0 aromatic heterocycles. The Bertz CT molecular complexity index is 582. The molecule has 1 aromatic rings. The molecular weight excluding hydrogens is 338 g/mol. The molecule has 8 heteroatoms. The van der Waals surface area contributed by atoms with Crippen LogP contribution in [0.1, 0.15) is 27.2 Å². The Hall–Kier alpha value is -0.400. The fourth-order valence-corrected chi connectivity index (χ4v) is 3.90. The van der Waals surface area contributed by atoms with E-state index in [1.54, 1.807) is 6.92 Å². The second-order valence-corrected chi connectivity index (χ2v) is 7.63. The van der Waals surface area contributed by atoms with Crippen LogP contribution in [0.5, 0.6) is 0 Å². The summed E-state index contributed by atoms with van der Waals surface area (Å²) in [5.74, 6) is -0.596. The van der Waals surface area contributed by atoms with Gasteiger partial charge in [-0.05, 0) is 37.5 Å². The van der Waals surface area contributed by atoms with Crippen LogP contribution in [0, 0.1) is 11.7 Å². The second-order valence-electron chi connectivity index (χ2n) is 5.54. The molecule has 0 aliphatic carbocycles. The molecule has 0 heterocycles. The number of rotatable bonds is 6. The van der Waals surface area contributed by atoms with Gasteiger partial charge >= 0.3 is 0 Å². The summed E-state index contributed by atoms with van der Waals surface area (Å²) in [4.78, 5) is -0.464. The minimum Gasteiger partial charge on any atom is -0.329 e. The number of halogens is 3. The predicted octanol–water partition coefficient (Wildman–Crippen LogP) is 2.94. The number of nitrogens with one attached hydrogen (secondary N) is 1. The molecule has 4 nitrogen and oxygen atoms in total. The van der Waals surface area contributed by atoms with Gasteiger partial charge in [-0.1, -0.05) is 25.4 Å². The van der Waals surface area contributed by atoms with E-state index < -0.39 is 26.3 Å². The maximum Gasteiger partial charge on any atom is 0.244 e. The van der Waals surface area contributed by atoms with E-state index in [0.29, 0.717) is 6.42 Å². The first-order valence-electron chi connectivity index (χ1n) is 6.29. The summed E-state index contributed by atoms with van der Waals surface area (Å²) in [6.45, 7) is 5.74. The molecule has 3 N–H and O–H groups in total. The van der Waals surface area contributed by atoms with E-state index in [4.69, 9.17) is 17.3 Å². The van der Waals surface area contributed by atoms with Crippen molar-refractivity contribution in [3.63, 3.8) is 0 Å². The van der Waals surface area contributed by atoms with Gasteiger partial charge in [0, 0.05) is 17.1 Å². The van der Waals surface area contributed by atoms with E-state index in [1.165, 1.54) is 6.07 Å². The fraction of sp³-hybridized carbons (Fsp3) is 0.538. The summed E-state index contributed by atoms with van der Waals surface area (Å²) in [6, 6.07) is 3.41. The van der Waals surface area contributed by atoms with Crippen molar-refractivity contribution < 1.29 is 12.8 Å². The lowest BCUT2D eigenvalue weighted by Crippen LogP contribution is -2.52. The fourth-order valence-electron chi connectivity index (χ4n) is 2.13. The van der Waals surface area contributed by atoms with Crippen molar-refractivity contribution in [1.82, 2.24) is 4.72 Å². The van der Waals surface area contributed by atoms with Crippen LogP contribution in [0.25, 0.3) is 0 Å². The van der Waals surface area contributed by atoms with Gasteiger partial charge in [0.25, 0.3) is 0 Å². The number of nitrogens with two attached hydrogens (primary N) is 1. The average Bonchev–Trinajstić information content (AvgIpc) is 2.30. The van der Waals surface area contributed by atoms with Crippen LogP contribution in [0.2, 0.25) is 5.02 Å². The Balaban J connectivity index is 0.00000400. The first kappa shape index (κ1) is 20.6. The zero-order valence-corrected chi connectivity index (χ0v) is 14.6. The lowest BCUT2D eigenvalue weighted by molar-refractivity contribution is 0.344. The zero-order valence-electron chi connectivity index (χ0n) is 12.2. The number of hydrogen-bond donors (Lipinski definition) is 2. The maximum absolute atomic E-state index is 13.7. The molecule has 21 heavy (non-hydrogen) atoms. The topological polar surface area (TPSA) is 72.2 Å². The largest absolute Gasteiger partial charge is 0.329 e. The molecule has 0 aliphatic heterocycles. The van der Waals surface area contributed by atoms with Crippen LogP contribution >= 0.6 is 24.0 Å². The van der Waals surface area contributed by atoms with Crippen LogP contribution in [-0.4, -0.2) is 20.5 Å². The SMILES string of the molecule is CC(C)CC(C)(CN)NS(=O)(=O)c1cc(Cl)ccc1F.Cl. The molecule has 1 atom stereocenters. The van der Waals surface area contributed by atoms with Crippen molar-refractivity contribution in [2.45, 2.75) is 37.6 Å². The van der Waals surface area contributed by atoms with Gasteiger partial charge in [0.1, 0.15) is 10.7 Å². The van der Waals surface area contributed by atoms with Crippen LogP contribution < -0.4 is 10.5 Å². The van der Waals surface area contributed by atoms with Crippen molar-refractivity contribution in [2.75, 3.05) is 6.54 Å². The van der Waals surface area contributed by atoms with Crippen LogP contribution in [0.4, 0.5) is 4.39 Å². The molecule has 122 valence electrons. The summed E-state index contributed by atoms with van der Waals surface area (Å²) in [5, 5.41) is 0.157. The second kappa shape index (κ2) is 7.74.